The van der Waals surface area contributed by atoms with Gasteiger partial charge in [0.1, 0.15) is 28.7 Å². The number of ketones is 1. The van der Waals surface area contributed by atoms with Crippen molar-refractivity contribution in [3.8, 4) is 11.3 Å². The lowest BCUT2D eigenvalue weighted by Crippen LogP contribution is -2.67. The first kappa shape index (κ1) is 21.9. The molecule has 7 nitrogen and oxygen atoms in total. The molecule has 4 saturated carbocycles. The molecular formula is C25H22F3N5O2. The highest BCUT2D eigenvalue weighted by molar-refractivity contribution is 5.85. The Morgan fingerprint density at radius 3 is 2.57 bits per heavy atom. The molecular weight excluding hydrogens is 459 g/mol. The molecule has 0 radical (unpaired) electrons. The lowest BCUT2D eigenvalue weighted by Gasteiger charge is -2.64. The number of halogens is 3. The van der Waals surface area contributed by atoms with Crippen LogP contribution in [0.4, 0.5) is 24.7 Å². The minimum absolute atomic E-state index is 0.0160. The summed E-state index contributed by atoms with van der Waals surface area (Å²) >= 11 is 0. The molecule has 2 aromatic heterocycles. The molecule has 10 heteroatoms. The van der Waals surface area contributed by atoms with Crippen molar-refractivity contribution < 1.29 is 22.5 Å². The predicted molar refractivity (Wildman–Crippen MR) is 119 cm³/mol. The molecule has 4 aliphatic carbocycles. The molecule has 2 heterocycles. The molecule has 0 saturated heterocycles. The predicted octanol–water partition coefficient (Wildman–Crippen LogP) is 4.96. The topological polar surface area (TPSA) is 91.3 Å². The van der Waals surface area contributed by atoms with E-state index in [-0.39, 0.29) is 57.9 Å². The maximum Gasteiger partial charge on any atom is 0.255 e. The van der Waals surface area contributed by atoms with E-state index in [9.17, 15) is 13.6 Å². The number of hydrogen-bond acceptors (Lipinski definition) is 5. The summed E-state index contributed by atoms with van der Waals surface area (Å²) in [5.74, 6) is -2.29. The van der Waals surface area contributed by atoms with E-state index in [1.165, 1.54) is 16.8 Å². The van der Waals surface area contributed by atoms with Gasteiger partial charge in [0, 0.05) is 23.5 Å². The number of aromatic nitrogens is 3. The van der Waals surface area contributed by atoms with Gasteiger partial charge in [0.05, 0.1) is 24.2 Å². The molecule has 3 aromatic rings. The van der Waals surface area contributed by atoms with E-state index < -0.39 is 17.3 Å². The van der Waals surface area contributed by atoms with Crippen molar-refractivity contribution in [2.24, 2.45) is 0 Å². The van der Waals surface area contributed by atoms with Gasteiger partial charge in [0.15, 0.2) is 11.6 Å². The molecule has 4 fully saturated rings. The molecule has 35 heavy (non-hydrogen) atoms. The van der Waals surface area contributed by atoms with Gasteiger partial charge < -0.3 is 10.3 Å². The smallest absolute Gasteiger partial charge is 0.255 e. The summed E-state index contributed by atoms with van der Waals surface area (Å²) in [5.41, 5.74) is 4.73. The summed E-state index contributed by atoms with van der Waals surface area (Å²) in [6.45, 7) is 9.38. The van der Waals surface area contributed by atoms with Gasteiger partial charge in [0.2, 0.25) is 0 Å². The van der Waals surface area contributed by atoms with Crippen LogP contribution in [0.1, 0.15) is 56.0 Å². The fourth-order valence-corrected chi connectivity index (χ4v) is 5.48. The van der Waals surface area contributed by atoms with E-state index in [4.69, 9.17) is 16.8 Å². The van der Waals surface area contributed by atoms with Gasteiger partial charge in [-0.25, -0.2) is 18.0 Å². The molecule has 0 spiro atoms. The number of hydrogen-bond donors (Lipinski definition) is 1. The second-order valence-electron chi connectivity index (χ2n) is 10.5. The van der Waals surface area contributed by atoms with Crippen molar-refractivity contribution in [1.82, 2.24) is 14.9 Å². The second-order valence-corrected chi connectivity index (χ2v) is 10.5. The molecule has 7 rings (SSSR count). The normalized spacial score (nSPS) is 25.5. The van der Waals surface area contributed by atoms with E-state index in [2.05, 4.69) is 15.1 Å². The average Bonchev–Trinajstić information content (AvgIpc) is 3.19. The lowest BCUT2D eigenvalue weighted by atomic mass is 9.41. The summed E-state index contributed by atoms with van der Waals surface area (Å²) in [6.07, 6.45) is 2.46. The first-order valence-electron chi connectivity index (χ1n) is 11.5. The van der Waals surface area contributed by atoms with E-state index in [0.717, 1.165) is 12.8 Å². The fourth-order valence-electron chi connectivity index (χ4n) is 5.48. The van der Waals surface area contributed by atoms with E-state index >= 15 is 4.39 Å². The minimum atomic E-state index is -1.18. The molecule has 2 N–H and O–H groups in total. The van der Waals surface area contributed by atoms with Gasteiger partial charge in [-0.3, -0.25) is 9.48 Å². The zero-order chi connectivity index (χ0) is 24.8. The SMILES string of the molecule is [C-]#[N+]c1c(-c2ccc(CC(=O)Cc3cc(C45CC(F)(C4)C5)no3)c(F)c2F)nn(C2(C)CC2)c1N. The van der Waals surface area contributed by atoms with E-state index in [0.29, 0.717) is 30.7 Å². The highest BCUT2D eigenvalue weighted by Crippen LogP contribution is 2.69. The second kappa shape index (κ2) is 6.97. The molecule has 0 unspecified atom stereocenters. The Kier molecular flexibility index (Phi) is 4.36. The first-order chi connectivity index (χ1) is 16.6. The van der Waals surface area contributed by atoms with Crippen LogP contribution in [-0.2, 0) is 28.6 Å². The van der Waals surface area contributed by atoms with Crippen LogP contribution in [-0.4, -0.2) is 26.4 Å². The molecule has 180 valence electrons. The minimum Gasteiger partial charge on any atom is -0.393 e. The zero-order valence-electron chi connectivity index (χ0n) is 19.0. The van der Waals surface area contributed by atoms with Gasteiger partial charge in [-0.05, 0) is 44.6 Å². The van der Waals surface area contributed by atoms with Crippen molar-refractivity contribution in [2.75, 3.05) is 5.73 Å². The number of nitrogens with two attached hydrogens (primary N) is 1. The van der Waals surface area contributed by atoms with Crippen molar-refractivity contribution in [3.63, 3.8) is 0 Å². The van der Waals surface area contributed by atoms with Gasteiger partial charge >= 0.3 is 0 Å². The van der Waals surface area contributed by atoms with Crippen LogP contribution < -0.4 is 5.73 Å². The third-order valence-corrected chi connectivity index (χ3v) is 7.74. The van der Waals surface area contributed by atoms with E-state index in [1.807, 2.05) is 6.92 Å². The highest BCUT2D eigenvalue weighted by Gasteiger charge is 2.71. The molecule has 2 bridgehead atoms. The van der Waals surface area contributed by atoms with Crippen LogP contribution >= 0.6 is 0 Å². The number of nitrogen functional groups attached to an aromatic ring is 1. The zero-order valence-corrected chi connectivity index (χ0v) is 19.0. The Hall–Kier alpha value is -3.61. The summed E-state index contributed by atoms with van der Waals surface area (Å²) < 4.78 is 50.6. The van der Waals surface area contributed by atoms with Gasteiger partial charge in [-0.2, -0.15) is 5.10 Å². The lowest BCUT2D eigenvalue weighted by molar-refractivity contribution is -0.160. The molecule has 4 aliphatic rings. The van der Waals surface area contributed by atoms with Crippen LogP contribution in [0.25, 0.3) is 16.1 Å². The number of anilines is 1. The Balaban J connectivity index is 1.20. The Morgan fingerprint density at radius 1 is 1.23 bits per heavy atom. The van der Waals surface area contributed by atoms with Crippen LogP contribution in [0, 0.1) is 18.2 Å². The molecule has 0 amide bonds. The van der Waals surface area contributed by atoms with Crippen LogP contribution in [0.2, 0.25) is 0 Å². The number of carbonyl (C=O) groups excluding carboxylic acids is 1. The quantitative estimate of drug-likeness (QED) is 0.482. The average molecular weight is 481 g/mol. The Morgan fingerprint density at radius 2 is 1.94 bits per heavy atom. The van der Waals surface area contributed by atoms with Crippen molar-refractivity contribution in [3.05, 3.63) is 58.3 Å². The summed E-state index contributed by atoms with van der Waals surface area (Å²) in [5, 5.41) is 8.33. The standard InChI is InChI=1S/C25H22F3N5O2/c1-23(5-6-23)33-22(29)21(30-2)20(31-33)16-4-3-13(18(26)19(16)27)7-14(34)8-15-9-17(32-35-15)24-10-25(28,11-24)12-24/h3-4,9H,5-8,10-12,29H2,1H3. The largest absolute Gasteiger partial charge is 0.393 e. The van der Waals surface area contributed by atoms with Crippen molar-refractivity contribution in [2.45, 2.75) is 68.5 Å². The maximum absolute atomic E-state index is 15.1. The summed E-state index contributed by atoms with van der Waals surface area (Å²) in [7, 11) is 0. The fraction of sp³-hybridized carbons (Fsp3) is 0.440. The van der Waals surface area contributed by atoms with Crippen LogP contribution in [0.3, 0.4) is 0 Å². The third kappa shape index (κ3) is 3.21. The Bertz CT molecular complexity index is 1430. The number of Topliss-reactive ketones (excluding diaryl/α,β-unsaturated/α-hetero) is 1. The molecule has 1 aromatic carbocycles. The van der Waals surface area contributed by atoms with Crippen molar-refractivity contribution in [1.29, 1.82) is 0 Å². The molecule has 0 atom stereocenters. The van der Waals surface area contributed by atoms with Crippen LogP contribution in [0.5, 0.6) is 0 Å². The van der Waals surface area contributed by atoms with Crippen molar-refractivity contribution >= 4 is 17.3 Å². The first-order valence-corrected chi connectivity index (χ1v) is 11.5. The summed E-state index contributed by atoms with van der Waals surface area (Å²) in [4.78, 5) is 16.0. The Labute approximate surface area is 198 Å². The number of rotatable bonds is 7. The van der Waals surface area contributed by atoms with Crippen LogP contribution in [0.15, 0.2) is 22.7 Å². The summed E-state index contributed by atoms with van der Waals surface area (Å²) in [6, 6.07) is 4.30. The third-order valence-electron chi connectivity index (χ3n) is 7.74. The highest BCUT2D eigenvalue weighted by atomic mass is 19.2. The van der Waals surface area contributed by atoms with Gasteiger partial charge in [0.25, 0.3) is 5.69 Å². The number of nitrogens with zero attached hydrogens (tertiary/aromatic N) is 4. The number of carbonyl (C=O) groups is 1. The molecule has 0 aliphatic heterocycles. The van der Waals surface area contributed by atoms with Gasteiger partial charge in [-0.15, -0.1) is 0 Å². The maximum atomic E-state index is 15.1. The van der Waals surface area contributed by atoms with Gasteiger partial charge in [-0.1, -0.05) is 17.3 Å². The number of alkyl halides is 1. The monoisotopic (exact) mass is 481 g/mol. The van der Waals surface area contributed by atoms with E-state index in [1.54, 1.807) is 6.07 Å². The number of benzene rings is 1.